The molecule has 1 heterocycles. The fourth-order valence-corrected chi connectivity index (χ4v) is 4.06. The van der Waals surface area contributed by atoms with Crippen LogP contribution in [0.25, 0.3) is 11.4 Å². The van der Waals surface area contributed by atoms with Gasteiger partial charge in [-0.1, -0.05) is 18.6 Å². The number of carbonyl (C=O) groups is 1. The first-order valence-corrected chi connectivity index (χ1v) is 8.69. The van der Waals surface area contributed by atoms with E-state index in [1.54, 1.807) is 6.33 Å². The molecule has 2 aliphatic carbocycles. The molecule has 1 aromatic heterocycles. The Morgan fingerprint density at radius 1 is 1.38 bits per heavy atom. The second-order valence-corrected chi connectivity index (χ2v) is 6.93. The zero-order chi connectivity index (χ0) is 16.7. The van der Waals surface area contributed by atoms with Crippen molar-refractivity contribution in [2.75, 3.05) is 0 Å². The van der Waals surface area contributed by atoms with Crippen LogP contribution in [0.1, 0.15) is 43.0 Å². The van der Waals surface area contributed by atoms with Crippen molar-refractivity contribution in [1.29, 1.82) is 0 Å². The lowest BCUT2D eigenvalue weighted by atomic mass is 9.50. The number of hydrogen-bond acceptors (Lipinski definition) is 4. The average Bonchev–Trinajstić information content (AvgIpc) is 3.01. The molecule has 3 N–H and O–H groups in total. The zero-order valence-corrected chi connectivity index (χ0v) is 13.9. The van der Waals surface area contributed by atoms with E-state index in [1.165, 1.54) is 6.42 Å². The van der Waals surface area contributed by atoms with Crippen LogP contribution in [0.15, 0.2) is 30.6 Å². The molecule has 2 aliphatic rings. The van der Waals surface area contributed by atoms with Crippen molar-refractivity contribution >= 4 is 5.91 Å². The number of nitrogens with two attached hydrogens (primary N) is 1. The van der Waals surface area contributed by atoms with Crippen LogP contribution in [-0.2, 0) is 6.54 Å². The molecule has 126 valence electrons. The van der Waals surface area contributed by atoms with E-state index in [4.69, 9.17) is 5.73 Å². The number of aryl methyl sites for hydroxylation is 1. The number of aromatic nitrogens is 3. The molecule has 0 bridgehead atoms. The summed E-state index contributed by atoms with van der Waals surface area (Å²) in [7, 11) is 0. The molecule has 2 atom stereocenters. The van der Waals surface area contributed by atoms with Gasteiger partial charge < -0.3 is 11.1 Å². The van der Waals surface area contributed by atoms with Gasteiger partial charge in [0.1, 0.15) is 6.33 Å². The summed E-state index contributed by atoms with van der Waals surface area (Å²) < 4.78 is 1.84. The van der Waals surface area contributed by atoms with Gasteiger partial charge >= 0.3 is 0 Å². The number of carbonyl (C=O) groups excluding carboxylic acids is 1. The molecule has 1 amide bonds. The SMILES string of the molecule is CCn1ncnc1-c1ccc(C(=O)NC2CC(N)C23CCC3)cc1. The zero-order valence-electron chi connectivity index (χ0n) is 13.9. The first-order chi connectivity index (χ1) is 11.6. The molecule has 1 aromatic carbocycles. The van der Waals surface area contributed by atoms with Gasteiger partial charge in [-0.25, -0.2) is 9.67 Å². The number of benzene rings is 1. The predicted molar refractivity (Wildman–Crippen MR) is 91.3 cm³/mol. The smallest absolute Gasteiger partial charge is 0.251 e. The molecule has 0 radical (unpaired) electrons. The highest BCUT2D eigenvalue weighted by atomic mass is 16.1. The van der Waals surface area contributed by atoms with Gasteiger partial charge in [0.25, 0.3) is 5.91 Å². The summed E-state index contributed by atoms with van der Waals surface area (Å²) in [4.78, 5) is 16.8. The first kappa shape index (κ1) is 15.3. The van der Waals surface area contributed by atoms with Crippen LogP contribution in [0.5, 0.6) is 0 Å². The summed E-state index contributed by atoms with van der Waals surface area (Å²) in [5, 5.41) is 7.36. The van der Waals surface area contributed by atoms with Gasteiger partial charge in [-0.15, -0.1) is 0 Å². The maximum Gasteiger partial charge on any atom is 0.251 e. The number of amides is 1. The molecule has 1 spiro atoms. The summed E-state index contributed by atoms with van der Waals surface area (Å²) in [6.45, 7) is 2.79. The minimum Gasteiger partial charge on any atom is -0.349 e. The Labute approximate surface area is 141 Å². The third-order valence-corrected chi connectivity index (χ3v) is 5.83. The largest absolute Gasteiger partial charge is 0.349 e. The summed E-state index contributed by atoms with van der Waals surface area (Å²) in [6.07, 6.45) is 5.96. The van der Waals surface area contributed by atoms with Crippen LogP contribution >= 0.6 is 0 Å². The molecule has 24 heavy (non-hydrogen) atoms. The second-order valence-electron chi connectivity index (χ2n) is 6.93. The van der Waals surface area contributed by atoms with Crippen LogP contribution in [0, 0.1) is 5.41 Å². The number of rotatable bonds is 4. The molecular weight excluding hydrogens is 302 g/mol. The fraction of sp³-hybridized carbons (Fsp3) is 0.500. The van der Waals surface area contributed by atoms with Crippen molar-refractivity contribution < 1.29 is 4.79 Å². The summed E-state index contributed by atoms with van der Waals surface area (Å²) >= 11 is 0. The van der Waals surface area contributed by atoms with E-state index in [1.807, 2.05) is 35.9 Å². The fourth-order valence-electron chi connectivity index (χ4n) is 4.06. The number of hydrogen-bond donors (Lipinski definition) is 2. The summed E-state index contributed by atoms with van der Waals surface area (Å²) in [5.74, 6) is 0.810. The molecular formula is C18H23N5O. The normalized spacial score (nSPS) is 24.2. The quantitative estimate of drug-likeness (QED) is 0.900. The summed E-state index contributed by atoms with van der Waals surface area (Å²) in [6, 6.07) is 8.04. The molecule has 6 nitrogen and oxygen atoms in total. The molecule has 0 aliphatic heterocycles. The molecule has 2 saturated carbocycles. The van der Waals surface area contributed by atoms with Crippen LogP contribution in [-0.4, -0.2) is 32.8 Å². The Balaban J connectivity index is 1.46. The van der Waals surface area contributed by atoms with Crippen molar-refractivity contribution in [2.45, 2.75) is 51.2 Å². The third-order valence-electron chi connectivity index (χ3n) is 5.83. The van der Waals surface area contributed by atoms with E-state index in [9.17, 15) is 4.79 Å². The average molecular weight is 325 g/mol. The van der Waals surface area contributed by atoms with E-state index < -0.39 is 0 Å². The summed E-state index contributed by atoms with van der Waals surface area (Å²) in [5.41, 5.74) is 7.97. The van der Waals surface area contributed by atoms with Crippen molar-refractivity contribution in [1.82, 2.24) is 20.1 Å². The lowest BCUT2D eigenvalue weighted by Gasteiger charge is -2.60. The highest BCUT2D eigenvalue weighted by Crippen LogP contribution is 2.55. The van der Waals surface area contributed by atoms with Crippen LogP contribution in [0.2, 0.25) is 0 Å². The maximum absolute atomic E-state index is 12.5. The van der Waals surface area contributed by atoms with Crippen molar-refractivity contribution in [3.8, 4) is 11.4 Å². The number of nitrogens with zero attached hydrogens (tertiary/aromatic N) is 3. The van der Waals surface area contributed by atoms with Crippen LogP contribution in [0.3, 0.4) is 0 Å². The molecule has 2 aromatic rings. The maximum atomic E-state index is 12.5. The highest BCUT2D eigenvalue weighted by Gasteiger charge is 2.57. The Morgan fingerprint density at radius 2 is 2.12 bits per heavy atom. The molecule has 0 saturated heterocycles. The Hall–Kier alpha value is -2.21. The second kappa shape index (κ2) is 5.70. The topological polar surface area (TPSA) is 85.8 Å². The first-order valence-electron chi connectivity index (χ1n) is 8.69. The van der Waals surface area contributed by atoms with E-state index in [-0.39, 0.29) is 23.4 Å². The standard InChI is InChI=1S/C18H23N5O/c1-2-23-16(20-11-21-23)12-4-6-13(7-5-12)17(24)22-15-10-14(19)18(15)8-3-9-18/h4-7,11,14-15H,2-3,8-10,19H2,1H3,(H,22,24). The van der Waals surface area contributed by atoms with Gasteiger partial charge in [0.05, 0.1) is 0 Å². The van der Waals surface area contributed by atoms with Gasteiger partial charge in [0, 0.05) is 35.2 Å². The predicted octanol–water partition coefficient (Wildman–Crippen LogP) is 1.96. The Bertz CT molecular complexity index is 747. The van der Waals surface area contributed by atoms with E-state index in [0.717, 1.165) is 37.2 Å². The molecule has 2 fully saturated rings. The van der Waals surface area contributed by atoms with E-state index in [2.05, 4.69) is 15.4 Å². The van der Waals surface area contributed by atoms with Crippen LogP contribution in [0.4, 0.5) is 0 Å². The van der Waals surface area contributed by atoms with E-state index in [0.29, 0.717) is 5.56 Å². The highest BCUT2D eigenvalue weighted by molar-refractivity contribution is 5.95. The minimum absolute atomic E-state index is 0.0123. The van der Waals surface area contributed by atoms with Gasteiger partial charge in [-0.05, 0) is 38.3 Å². The third kappa shape index (κ3) is 2.24. The lowest BCUT2D eigenvalue weighted by Crippen LogP contribution is -2.69. The van der Waals surface area contributed by atoms with E-state index >= 15 is 0 Å². The Kier molecular flexibility index (Phi) is 3.64. The van der Waals surface area contributed by atoms with Gasteiger partial charge in [0.2, 0.25) is 0 Å². The van der Waals surface area contributed by atoms with Gasteiger partial charge in [0.15, 0.2) is 5.82 Å². The Morgan fingerprint density at radius 3 is 2.71 bits per heavy atom. The van der Waals surface area contributed by atoms with Gasteiger partial charge in [-0.2, -0.15) is 5.10 Å². The number of nitrogens with one attached hydrogen (secondary N) is 1. The van der Waals surface area contributed by atoms with Crippen molar-refractivity contribution in [2.24, 2.45) is 11.1 Å². The van der Waals surface area contributed by atoms with Crippen molar-refractivity contribution in [3.63, 3.8) is 0 Å². The van der Waals surface area contributed by atoms with Gasteiger partial charge in [-0.3, -0.25) is 4.79 Å². The minimum atomic E-state index is -0.0123. The monoisotopic (exact) mass is 325 g/mol. The van der Waals surface area contributed by atoms with Crippen molar-refractivity contribution in [3.05, 3.63) is 36.2 Å². The molecule has 2 unspecified atom stereocenters. The van der Waals surface area contributed by atoms with Crippen LogP contribution < -0.4 is 11.1 Å². The molecule has 4 rings (SSSR count). The molecule has 6 heteroatoms. The lowest BCUT2D eigenvalue weighted by molar-refractivity contribution is -0.0389.